The fourth-order valence-corrected chi connectivity index (χ4v) is 3.57. The fraction of sp³-hybridized carbons (Fsp3) is 0.682. The molecule has 2 aliphatic heterocycles. The zero-order valence-corrected chi connectivity index (χ0v) is 17.4. The van der Waals surface area contributed by atoms with E-state index < -0.39 is 0 Å². The molecule has 27 heavy (non-hydrogen) atoms. The van der Waals surface area contributed by atoms with Gasteiger partial charge in [-0.15, -0.1) is 0 Å². The van der Waals surface area contributed by atoms with E-state index in [1.54, 1.807) is 0 Å². The Morgan fingerprint density at radius 1 is 1.22 bits per heavy atom. The van der Waals surface area contributed by atoms with E-state index in [0.29, 0.717) is 5.92 Å². The van der Waals surface area contributed by atoms with E-state index >= 15 is 0 Å². The van der Waals surface area contributed by atoms with Gasteiger partial charge in [0.25, 0.3) is 0 Å². The summed E-state index contributed by atoms with van der Waals surface area (Å²) >= 11 is 0. The predicted molar refractivity (Wildman–Crippen MR) is 109 cm³/mol. The van der Waals surface area contributed by atoms with Crippen molar-refractivity contribution in [2.75, 3.05) is 26.2 Å². The topological polar surface area (TPSA) is 50.8 Å². The number of piperidine rings is 1. The average molecular weight is 377 g/mol. The molecule has 1 saturated heterocycles. The number of carbonyl (C=O) groups is 1. The van der Waals surface area contributed by atoms with Crippen molar-refractivity contribution < 1.29 is 14.3 Å². The Labute approximate surface area is 164 Å². The van der Waals surface area contributed by atoms with Crippen LogP contribution < -0.4 is 10.1 Å². The number of fused-ring (bicyclic) bond motifs is 1. The second-order valence-corrected chi connectivity index (χ2v) is 7.36. The lowest BCUT2D eigenvalue weighted by atomic mass is 9.94. The first-order valence-electron chi connectivity index (χ1n) is 10.5. The van der Waals surface area contributed by atoms with Gasteiger partial charge in [-0.25, -0.2) is 4.79 Å². The third-order valence-electron chi connectivity index (χ3n) is 5.07. The Kier molecular flexibility index (Phi) is 8.92. The van der Waals surface area contributed by atoms with Crippen LogP contribution in [0.1, 0.15) is 58.1 Å². The van der Waals surface area contributed by atoms with Crippen molar-refractivity contribution in [3.63, 3.8) is 0 Å². The Morgan fingerprint density at radius 3 is 2.67 bits per heavy atom. The van der Waals surface area contributed by atoms with Crippen LogP contribution in [0.15, 0.2) is 18.2 Å². The van der Waals surface area contributed by atoms with E-state index in [-0.39, 0.29) is 12.2 Å². The molecule has 1 amide bonds. The maximum Gasteiger partial charge on any atom is 0.410 e. The van der Waals surface area contributed by atoms with Crippen molar-refractivity contribution in [3.8, 4) is 5.75 Å². The second kappa shape index (κ2) is 11.2. The quantitative estimate of drug-likeness (QED) is 0.828. The number of benzene rings is 1. The van der Waals surface area contributed by atoms with Crippen LogP contribution in [0.4, 0.5) is 4.79 Å². The van der Waals surface area contributed by atoms with Crippen LogP contribution in [0, 0.1) is 5.92 Å². The molecule has 1 aromatic carbocycles. The summed E-state index contributed by atoms with van der Waals surface area (Å²) in [5, 5.41) is 3.39. The van der Waals surface area contributed by atoms with E-state index in [0.717, 1.165) is 64.2 Å². The lowest BCUT2D eigenvalue weighted by Gasteiger charge is -2.31. The summed E-state index contributed by atoms with van der Waals surface area (Å²) in [6, 6.07) is 6.45. The van der Waals surface area contributed by atoms with E-state index in [1.165, 1.54) is 11.1 Å². The molecule has 0 atom stereocenters. The van der Waals surface area contributed by atoms with Crippen molar-refractivity contribution >= 4 is 6.09 Å². The number of nitrogens with one attached hydrogen (secondary N) is 1. The molecule has 5 heteroatoms. The van der Waals surface area contributed by atoms with Gasteiger partial charge in [-0.2, -0.15) is 0 Å². The number of nitrogens with zero attached hydrogens (tertiary/aromatic N) is 1. The first kappa shape index (κ1) is 21.5. The first-order chi connectivity index (χ1) is 13.1. The van der Waals surface area contributed by atoms with E-state index in [2.05, 4.69) is 23.5 Å². The molecular formula is C22H36N2O3. The van der Waals surface area contributed by atoms with Gasteiger partial charge in [0, 0.05) is 19.6 Å². The Balaban J connectivity index is 0.00000126. The standard InChI is InChI=1S/C20H30N2O3.C2H6/c1-15(2)25-20(23)22-10-6-16(7-11-22)8-12-24-19-4-3-18-14-21-9-5-17(18)13-19;1-2/h3-4,13,15-16,21H,5-12,14H2,1-2H3;1-2H3. The largest absolute Gasteiger partial charge is 0.494 e. The molecule has 0 aliphatic carbocycles. The van der Waals surface area contributed by atoms with Gasteiger partial charge < -0.3 is 19.7 Å². The monoisotopic (exact) mass is 376 g/mol. The molecule has 0 saturated carbocycles. The van der Waals surface area contributed by atoms with Crippen molar-refractivity contribution in [2.24, 2.45) is 5.92 Å². The molecule has 1 fully saturated rings. The highest BCUT2D eigenvalue weighted by Gasteiger charge is 2.24. The number of rotatable bonds is 5. The molecule has 0 bridgehead atoms. The highest BCUT2D eigenvalue weighted by molar-refractivity contribution is 5.67. The summed E-state index contributed by atoms with van der Waals surface area (Å²) in [5.74, 6) is 1.61. The molecule has 3 rings (SSSR count). The average Bonchev–Trinajstić information content (AvgIpc) is 2.69. The molecule has 1 aromatic rings. The predicted octanol–water partition coefficient (Wildman–Crippen LogP) is 4.38. The summed E-state index contributed by atoms with van der Waals surface area (Å²) in [6.07, 6.45) is 3.97. The molecule has 1 N–H and O–H groups in total. The van der Waals surface area contributed by atoms with Gasteiger partial charge in [0.15, 0.2) is 0 Å². The highest BCUT2D eigenvalue weighted by Crippen LogP contribution is 2.24. The van der Waals surface area contributed by atoms with Crippen molar-refractivity contribution in [2.45, 2.75) is 66.0 Å². The van der Waals surface area contributed by atoms with Gasteiger partial charge in [0.05, 0.1) is 12.7 Å². The van der Waals surface area contributed by atoms with Gasteiger partial charge in [-0.3, -0.25) is 0 Å². The summed E-state index contributed by atoms with van der Waals surface area (Å²) in [6.45, 7) is 12.1. The lowest BCUT2D eigenvalue weighted by molar-refractivity contribution is 0.0637. The van der Waals surface area contributed by atoms with Crippen LogP contribution in [-0.2, 0) is 17.7 Å². The van der Waals surface area contributed by atoms with E-state index in [1.807, 2.05) is 32.6 Å². The Bertz CT molecular complexity index is 581. The summed E-state index contributed by atoms with van der Waals surface area (Å²) < 4.78 is 11.2. The smallest absolute Gasteiger partial charge is 0.410 e. The fourth-order valence-electron chi connectivity index (χ4n) is 3.57. The van der Waals surface area contributed by atoms with Crippen LogP contribution in [-0.4, -0.2) is 43.3 Å². The van der Waals surface area contributed by atoms with Crippen LogP contribution in [0.3, 0.4) is 0 Å². The SMILES string of the molecule is CC.CC(C)OC(=O)N1CCC(CCOc2ccc3c(c2)CCNC3)CC1. The van der Waals surface area contributed by atoms with Crippen LogP contribution in [0.5, 0.6) is 5.75 Å². The van der Waals surface area contributed by atoms with Crippen LogP contribution >= 0.6 is 0 Å². The maximum atomic E-state index is 11.9. The first-order valence-corrected chi connectivity index (χ1v) is 10.5. The molecule has 2 aliphatic rings. The molecular weight excluding hydrogens is 340 g/mol. The molecule has 152 valence electrons. The molecule has 0 aromatic heterocycles. The number of hydrogen-bond donors (Lipinski definition) is 1. The summed E-state index contributed by atoms with van der Waals surface area (Å²) in [4.78, 5) is 13.7. The minimum atomic E-state index is -0.173. The number of ether oxygens (including phenoxy) is 2. The Morgan fingerprint density at radius 2 is 1.96 bits per heavy atom. The number of hydrogen-bond acceptors (Lipinski definition) is 4. The molecule has 0 spiro atoms. The van der Waals surface area contributed by atoms with Crippen molar-refractivity contribution in [1.82, 2.24) is 10.2 Å². The molecule has 5 nitrogen and oxygen atoms in total. The molecule has 0 radical (unpaired) electrons. The van der Waals surface area contributed by atoms with Crippen LogP contribution in [0.2, 0.25) is 0 Å². The van der Waals surface area contributed by atoms with Crippen molar-refractivity contribution in [1.29, 1.82) is 0 Å². The van der Waals surface area contributed by atoms with Gasteiger partial charge in [0.1, 0.15) is 5.75 Å². The zero-order chi connectivity index (χ0) is 19.6. The number of carbonyl (C=O) groups excluding carboxylic acids is 1. The number of amides is 1. The normalized spacial score (nSPS) is 17.0. The van der Waals surface area contributed by atoms with Gasteiger partial charge in [-0.05, 0) is 75.3 Å². The van der Waals surface area contributed by atoms with Gasteiger partial charge >= 0.3 is 6.09 Å². The van der Waals surface area contributed by atoms with E-state index in [9.17, 15) is 4.79 Å². The minimum absolute atomic E-state index is 0.0500. The van der Waals surface area contributed by atoms with Gasteiger partial charge in [0.2, 0.25) is 0 Å². The minimum Gasteiger partial charge on any atom is -0.494 e. The maximum absolute atomic E-state index is 11.9. The summed E-state index contributed by atoms with van der Waals surface area (Å²) in [5.41, 5.74) is 2.80. The lowest BCUT2D eigenvalue weighted by Crippen LogP contribution is -2.39. The molecule has 2 heterocycles. The third kappa shape index (κ3) is 6.73. The Hall–Kier alpha value is -1.75. The molecule has 0 unspecified atom stereocenters. The second-order valence-electron chi connectivity index (χ2n) is 7.36. The van der Waals surface area contributed by atoms with Gasteiger partial charge in [-0.1, -0.05) is 19.9 Å². The van der Waals surface area contributed by atoms with Crippen molar-refractivity contribution in [3.05, 3.63) is 29.3 Å². The number of likely N-dealkylation sites (tertiary alicyclic amines) is 1. The highest BCUT2D eigenvalue weighted by atomic mass is 16.6. The van der Waals surface area contributed by atoms with E-state index in [4.69, 9.17) is 9.47 Å². The summed E-state index contributed by atoms with van der Waals surface area (Å²) in [7, 11) is 0. The zero-order valence-electron chi connectivity index (χ0n) is 17.4. The third-order valence-corrected chi connectivity index (χ3v) is 5.07. The van der Waals surface area contributed by atoms with Crippen LogP contribution in [0.25, 0.3) is 0 Å².